The van der Waals surface area contributed by atoms with Crippen molar-refractivity contribution in [1.82, 2.24) is 0 Å². The van der Waals surface area contributed by atoms with E-state index < -0.39 is 5.97 Å². The summed E-state index contributed by atoms with van der Waals surface area (Å²) in [6, 6.07) is 20.3. The van der Waals surface area contributed by atoms with E-state index >= 15 is 0 Å². The zero-order chi connectivity index (χ0) is 18.4. The van der Waals surface area contributed by atoms with E-state index in [1.165, 1.54) is 0 Å². The number of nitrogens with zero attached hydrogens (tertiary/aromatic N) is 1. The highest BCUT2D eigenvalue weighted by Gasteiger charge is 2.08. The highest BCUT2D eigenvalue weighted by Crippen LogP contribution is 2.25. The summed E-state index contributed by atoms with van der Waals surface area (Å²) in [4.78, 5) is 16.7. The maximum absolute atomic E-state index is 11.9. The molecule has 26 heavy (non-hydrogen) atoms. The Morgan fingerprint density at radius 1 is 1.00 bits per heavy atom. The van der Waals surface area contributed by atoms with Crippen molar-refractivity contribution >= 4 is 22.6 Å². The average molecular weight is 350 g/mol. The molecule has 3 aromatic carbocycles. The minimum Gasteiger partial charge on any atom is -0.497 e. The van der Waals surface area contributed by atoms with Gasteiger partial charge in [-0.3, -0.25) is 0 Å². The lowest BCUT2D eigenvalue weighted by Gasteiger charge is -2.08. The number of methoxy groups -OCH3 is 1. The molecular weight excluding hydrogens is 332 g/mol. The van der Waals surface area contributed by atoms with Gasteiger partial charge in [-0.25, -0.2) is 4.79 Å². The number of carbonyl (C=O) groups is 1. The molecule has 0 radical (unpaired) electrons. The summed E-state index contributed by atoms with van der Waals surface area (Å²) in [6.07, 6.45) is 0. The zero-order valence-corrected chi connectivity index (χ0v) is 14.2. The first-order valence-electron chi connectivity index (χ1n) is 7.95. The SMILES string of the molecule is COc1ccc(/C(N)=N\OC(=O)COc2cccc3ccccc23)cc1. The molecule has 6 heteroatoms. The van der Waals surface area contributed by atoms with Gasteiger partial charge in [-0.15, -0.1) is 0 Å². The molecule has 132 valence electrons. The molecule has 3 rings (SSSR count). The van der Waals surface area contributed by atoms with Crippen LogP contribution in [0.2, 0.25) is 0 Å². The minimum atomic E-state index is -0.644. The fourth-order valence-corrected chi connectivity index (χ4v) is 2.40. The molecule has 0 aliphatic heterocycles. The van der Waals surface area contributed by atoms with Crippen LogP contribution in [0.15, 0.2) is 71.9 Å². The van der Waals surface area contributed by atoms with Crippen molar-refractivity contribution in [3.05, 3.63) is 72.3 Å². The second-order valence-electron chi connectivity index (χ2n) is 5.43. The maximum Gasteiger partial charge on any atom is 0.372 e. The molecule has 2 N–H and O–H groups in total. The smallest absolute Gasteiger partial charge is 0.372 e. The van der Waals surface area contributed by atoms with Crippen LogP contribution in [0.4, 0.5) is 0 Å². The quantitative estimate of drug-likeness (QED) is 0.320. The molecule has 0 spiro atoms. The normalized spacial score (nSPS) is 11.2. The van der Waals surface area contributed by atoms with Crippen molar-refractivity contribution in [3.63, 3.8) is 0 Å². The van der Waals surface area contributed by atoms with Crippen molar-refractivity contribution < 1.29 is 19.1 Å². The molecule has 0 aliphatic carbocycles. The fraction of sp³-hybridized carbons (Fsp3) is 0.100. The lowest BCUT2D eigenvalue weighted by molar-refractivity contribution is -0.146. The van der Waals surface area contributed by atoms with Crippen molar-refractivity contribution in [2.75, 3.05) is 13.7 Å². The van der Waals surface area contributed by atoms with Crippen LogP contribution in [0.3, 0.4) is 0 Å². The summed E-state index contributed by atoms with van der Waals surface area (Å²) in [5.74, 6) is 0.745. The predicted octanol–water partition coefficient (Wildman–Crippen LogP) is 3.09. The number of nitrogens with two attached hydrogens (primary N) is 1. The van der Waals surface area contributed by atoms with Gasteiger partial charge in [-0.1, -0.05) is 41.6 Å². The van der Waals surface area contributed by atoms with E-state index in [0.29, 0.717) is 17.1 Å². The molecular formula is C20H18N2O4. The van der Waals surface area contributed by atoms with E-state index in [9.17, 15) is 4.79 Å². The first-order chi connectivity index (χ1) is 12.7. The monoisotopic (exact) mass is 350 g/mol. The Kier molecular flexibility index (Phi) is 5.34. The second-order valence-corrected chi connectivity index (χ2v) is 5.43. The van der Waals surface area contributed by atoms with Gasteiger partial charge in [-0.2, -0.15) is 0 Å². The molecule has 0 atom stereocenters. The lowest BCUT2D eigenvalue weighted by atomic mass is 10.1. The van der Waals surface area contributed by atoms with Crippen LogP contribution < -0.4 is 15.2 Å². The number of fused-ring (bicyclic) bond motifs is 1. The van der Waals surface area contributed by atoms with Gasteiger partial charge in [0.05, 0.1) is 7.11 Å². The first-order valence-corrected chi connectivity index (χ1v) is 7.95. The Labute approximate surface area is 150 Å². The summed E-state index contributed by atoms with van der Waals surface area (Å²) < 4.78 is 10.6. The molecule has 0 fully saturated rings. The van der Waals surface area contributed by atoms with Crippen LogP contribution in [0.25, 0.3) is 10.8 Å². The largest absolute Gasteiger partial charge is 0.497 e. The van der Waals surface area contributed by atoms with Crippen LogP contribution in [-0.2, 0) is 9.63 Å². The molecule has 0 heterocycles. The molecule has 0 amide bonds. The number of amidine groups is 1. The number of ether oxygens (including phenoxy) is 2. The topological polar surface area (TPSA) is 83.1 Å². The molecule has 0 aromatic heterocycles. The molecule has 0 bridgehead atoms. The highest BCUT2D eigenvalue weighted by molar-refractivity contribution is 5.97. The van der Waals surface area contributed by atoms with Gasteiger partial charge in [-0.05, 0) is 35.7 Å². The molecule has 6 nitrogen and oxygen atoms in total. The van der Waals surface area contributed by atoms with E-state index in [1.54, 1.807) is 37.4 Å². The van der Waals surface area contributed by atoms with Gasteiger partial charge in [0, 0.05) is 10.9 Å². The van der Waals surface area contributed by atoms with E-state index in [1.807, 2.05) is 36.4 Å². The van der Waals surface area contributed by atoms with Gasteiger partial charge < -0.3 is 20.0 Å². The van der Waals surface area contributed by atoms with Crippen molar-refractivity contribution in [2.45, 2.75) is 0 Å². The Hall–Kier alpha value is -3.54. The third-order valence-electron chi connectivity index (χ3n) is 3.73. The van der Waals surface area contributed by atoms with Gasteiger partial charge in [0.15, 0.2) is 12.4 Å². The van der Waals surface area contributed by atoms with Crippen LogP contribution >= 0.6 is 0 Å². The number of hydrogen-bond donors (Lipinski definition) is 1. The average Bonchev–Trinajstić information content (AvgIpc) is 2.70. The summed E-state index contributed by atoms with van der Waals surface area (Å²) in [5.41, 5.74) is 6.43. The number of oxime groups is 1. The third-order valence-corrected chi connectivity index (χ3v) is 3.73. The van der Waals surface area contributed by atoms with E-state index in [-0.39, 0.29) is 12.4 Å². The van der Waals surface area contributed by atoms with Crippen molar-refractivity contribution in [3.8, 4) is 11.5 Å². The van der Waals surface area contributed by atoms with Crippen LogP contribution in [0.1, 0.15) is 5.56 Å². The zero-order valence-electron chi connectivity index (χ0n) is 14.2. The lowest BCUT2D eigenvalue weighted by Crippen LogP contribution is -2.18. The first kappa shape index (κ1) is 17.3. The van der Waals surface area contributed by atoms with E-state index in [0.717, 1.165) is 10.8 Å². The molecule has 0 saturated carbocycles. The number of carbonyl (C=O) groups excluding carboxylic acids is 1. The Balaban J connectivity index is 1.59. The number of benzene rings is 3. The van der Waals surface area contributed by atoms with Crippen molar-refractivity contribution in [2.24, 2.45) is 10.9 Å². The van der Waals surface area contributed by atoms with Gasteiger partial charge >= 0.3 is 5.97 Å². The molecule has 3 aromatic rings. The minimum absolute atomic E-state index is 0.0890. The highest BCUT2D eigenvalue weighted by atomic mass is 16.7. The molecule has 0 aliphatic rings. The van der Waals surface area contributed by atoms with E-state index in [2.05, 4.69) is 5.16 Å². The summed E-state index contributed by atoms with van der Waals surface area (Å²) >= 11 is 0. The molecule has 0 saturated heterocycles. The number of rotatable bonds is 6. The standard InChI is InChI=1S/C20H18N2O4/c1-24-16-11-9-15(10-12-16)20(21)22-26-19(23)13-25-18-8-4-6-14-5-2-3-7-17(14)18/h2-12H,13H2,1H3,(H2,21,22). The third kappa shape index (κ3) is 4.10. The van der Waals surface area contributed by atoms with Crippen molar-refractivity contribution in [1.29, 1.82) is 0 Å². The van der Waals surface area contributed by atoms with Crippen LogP contribution in [-0.4, -0.2) is 25.5 Å². The van der Waals surface area contributed by atoms with E-state index in [4.69, 9.17) is 20.0 Å². The summed E-state index contributed by atoms with van der Waals surface area (Å²) in [7, 11) is 1.57. The predicted molar refractivity (Wildman–Crippen MR) is 99.3 cm³/mol. The Bertz CT molecular complexity index is 931. The Morgan fingerprint density at radius 3 is 2.50 bits per heavy atom. The Morgan fingerprint density at radius 2 is 1.73 bits per heavy atom. The second kappa shape index (κ2) is 8.02. The number of hydrogen-bond acceptors (Lipinski definition) is 5. The van der Waals surface area contributed by atoms with Gasteiger partial charge in [0.25, 0.3) is 0 Å². The summed E-state index contributed by atoms with van der Waals surface area (Å²) in [6.45, 7) is -0.270. The maximum atomic E-state index is 11.9. The van der Waals surface area contributed by atoms with Gasteiger partial charge in [0.1, 0.15) is 11.5 Å². The van der Waals surface area contributed by atoms with Crippen LogP contribution in [0, 0.1) is 0 Å². The molecule has 0 unspecified atom stereocenters. The van der Waals surface area contributed by atoms with Crippen LogP contribution in [0.5, 0.6) is 11.5 Å². The fourth-order valence-electron chi connectivity index (χ4n) is 2.40. The summed E-state index contributed by atoms with van der Waals surface area (Å²) in [5, 5.41) is 5.60. The van der Waals surface area contributed by atoms with Gasteiger partial charge in [0.2, 0.25) is 0 Å².